The molecule has 1 aliphatic rings. The minimum Gasteiger partial charge on any atom is -0.338 e. The van der Waals surface area contributed by atoms with Crippen molar-refractivity contribution in [2.24, 2.45) is 5.41 Å². The molecule has 1 amide bonds. The molecule has 0 radical (unpaired) electrons. The summed E-state index contributed by atoms with van der Waals surface area (Å²) in [6.07, 6.45) is 6.16. The Morgan fingerprint density at radius 3 is 2.71 bits per heavy atom. The second-order valence-corrected chi connectivity index (χ2v) is 5.23. The molecule has 0 aromatic heterocycles. The first-order valence-corrected chi connectivity index (χ1v) is 6.81. The monoisotopic (exact) mass is 236 g/mol. The third-order valence-corrected chi connectivity index (χ3v) is 3.94. The topological polar surface area (TPSA) is 44.1 Å². The highest BCUT2D eigenvalue weighted by Gasteiger charge is 2.38. The number of carbonyl (C=O) groups is 1. The van der Waals surface area contributed by atoms with Gasteiger partial charge < -0.3 is 4.90 Å². The van der Waals surface area contributed by atoms with Crippen molar-refractivity contribution in [2.75, 3.05) is 6.54 Å². The molecule has 1 heterocycles. The predicted octanol–water partition coefficient (Wildman–Crippen LogP) is 3.11. The van der Waals surface area contributed by atoms with Crippen molar-refractivity contribution in [3.63, 3.8) is 0 Å². The number of nitriles is 1. The first-order chi connectivity index (χ1) is 8.09. The zero-order chi connectivity index (χ0) is 12.9. The molecule has 1 aliphatic heterocycles. The standard InChI is InChI=1S/C14H24N2O/c1-4-8-12-9-6-7-10-16(12)13(17)14(3,5-2)11-15/h12H,4-10H2,1-3H3. The van der Waals surface area contributed by atoms with Crippen molar-refractivity contribution in [3.8, 4) is 6.07 Å². The molecule has 0 N–H and O–H groups in total. The van der Waals surface area contributed by atoms with E-state index in [1.165, 1.54) is 6.42 Å². The third kappa shape index (κ3) is 3.00. The number of rotatable bonds is 4. The molecule has 0 spiro atoms. The normalized spacial score (nSPS) is 23.9. The lowest BCUT2D eigenvalue weighted by Crippen LogP contribution is -2.49. The van der Waals surface area contributed by atoms with Crippen LogP contribution < -0.4 is 0 Å². The van der Waals surface area contributed by atoms with E-state index in [1.807, 2.05) is 11.8 Å². The Morgan fingerprint density at radius 1 is 1.47 bits per heavy atom. The Balaban J connectivity index is 2.81. The van der Waals surface area contributed by atoms with Crippen LogP contribution in [0.1, 0.15) is 59.3 Å². The summed E-state index contributed by atoms with van der Waals surface area (Å²) < 4.78 is 0. The Bertz CT molecular complexity index is 306. The zero-order valence-electron chi connectivity index (χ0n) is 11.3. The van der Waals surface area contributed by atoms with Gasteiger partial charge in [-0.3, -0.25) is 4.79 Å². The fourth-order valence-corrected chi connectivity index (χ4v) is 2.50. The van der Waals surface area contributed by atoms with Crippen LogP contribution in [0.3, 0.4) is 0 Å². The van der Waals surface area contributed by atoms with Crippen molar-refractivity contribution < 1.29 is 4.79 Å². The number of likely N-dealkylation sites (tertiary alicyclic amines) is 1. The van der Waals surface area contributed by atoms with Crippen LogP contribution in [0.2, 0.25) is 0 Å². The van der Waals surface area contributed by atoms with Crippen LogP contribution in [0.4, 0.5) is 0 Å². The Labute approximate surface area is 105 Å². The molecule has 1 rings (SSSR count). The summed E-state index contributed by atoms with van der Waals surface area (Å²) in [6, 6.07) is 2.56. The van der Waals surface area contributed by atoms with E-state index in [2.05, 4.69) is 13.0 Å². The number of hydrogen-bond donors (Lipinski definition) is 0. The molecular weight excluding hydrogens is 212 g/mol. The lowest BCUT2D eigenvalue weighted by Gasteiger charge is -2.39. The smallest absolute Gasteiger partial charge is 0.242 e. The summed E-state index contributed by atoms with van der Waals surface area (Å²) in [5, 5.41) is 9.21. The van der Waals surface area contributed by atoms with Crippen LogP contribution in [0.25, 0.3) is 0 Å². The van der Waals surface area contributed by atoms with E-state index in [1.54, 1.807) is 6.92 Å². The predicted molar refractivity (Wildman–Crippen MR) is 68.3 cm³/mol. The van der Waals surface area contributed by atoms with Gasteiger partial charge in [0.05, 0.1) is 6.07 Å². The van der Waals surface area contributed by atoms with Crippen LogP contribution in [0.15, 0.2) is 0 Å². The van der Waals surface area contributed by atoms with Gasteiger partial charge in [0.25, 0.3) is 0 Å². The maximum Gasteiger partial charge on any atom is 0.242 e. The largest absolute Gasteiger partial charge is 0.338 e. The van der Waals surface area contributed by atoms with Crippen molar-refractivity contribution in [1.82, 2.24) is 4.90 Å². The quantitative estimate of drug-likeness (QED) is 0.752. The van der Waals surface area contributed by atoms with Crippen molar-refractivity contribution >= 4 is 5.91 Å². The van der Waals surface area contributed by atoms with Crippen LogP contribution in [-0.2, 0) is 4.79 Å². The summed E-state index contributed by atoms with van der Waals surface area (Å²) in [5.41, 5.74) is -0.830. The Kier molecular flexibility index (Phi) is 4.99. The molecule has 2 unspecified atom stereocenters. The van der Waals surface area contributed by atoms with Crippen LogP contribution in [0.5, 0.6) is 0 Å². The highest BCUT2D eigenvalue weighted by atomic mass is 16.2. The Morgan fingerprint density at radius 2 is 2.18 bits per heavy atom. The zero-order valence-corrected chi connectivity index (χ0v) is 11.3. The summed E-state index contributed by atoms with van der Waals surface area (Å²) in [5.74, 6) is 0.0423. The van der Waals surface area contributed by atoms with Gasteiger partial charge in [-0.2, -0.15) is 5.26 Å². The molecule has 96 valence electrons. The molecule has 0 aromatic rings. The lowest BCUT2D eigenvalue weighted by molar-refractivity contribution is -0.142. The summed E-state index contributed by atoms with van der Waals surface area (Å²) >= 11 is 0. The minimum atomic E-state index is -0.830. The molecule has 3 heteroatoms. The SMILES string of the molecule is CCCC1CCCCN1C(=O)C(C)(C#N)CC. The maximum atomic E-state index is 12.5. The van der Waals surface area contributed by atoms with Crippen LogP contribution in [0, 0.1) is 16.7 Å². The maximum absolute atomic E-state index is 12.5. The number of amides is 1. The summed E-state index contributed by atoms with van der Waals surface area (Å²) in [6.45, 7) is 6.67. The fraction of sp³-hybridized carbons (Fsp3) is 0.857. The number of hydrogen-bond acceptors (Lipinski definition) is 2. The van der Waals surface area contributed by atoms with E-state index >= 15 is 0 Å². The highest BCUT2D eigenvalue weighted by molar-refractivity contribution is 5.85. The van der Waals surface area contributed by atoms with E-state index in [0.717, 1.165) is 32.2 Å². The van der Waals surface area contributed by atoms with Gasteiger partial charge in [0, 0.05) is 12.6 Å². The van der Waals surface area contributed by atoms with Gasteiger partial charge >= 0.3 is 0 Å². The van der Waals surface area contributed by atoms with Gasteiger partial charge in [-0.05, 0) is 39.0 Å². The van der Waals surface area contributed by atoms with Crippen molar-refractivity contribution in [3.05, 3.63) is 0 Å². The van der Waals surface area contributed by atoms with Crippen LogP contribution >= 0.6 is 0 Å². The second kappa shape index (κ2) is 6.05. The molecule has 0 aromatic carbocycles. The molecule has 1 fully saturated rings. The van der Waals surface area contributed by atoms with Gasteiger partial charge in [-0.1, -0.05) is 20.3 Å². The average molecular weight is 236 g/mol. The van der Waals surface area contributed by atoms with Crippen molar-refractivity contribution in [2.45, 2.75) is 65.3 Å². The van der Waals surface area contributed by atoms with Crippen molar-refractivity contribution in [1.29, 1.82) is 5.26 Å². The third-order valence-electron chi connectivity index (χ3n) is 3.94. The van der Waals surface area contributed by atoms with Gasteiger partial charge in [-0.15, -0.1) is 0 Å². The summed E-state index contributed by atoms with van der Waals surface area (Å²) in [4.78, 5) is 14.4. The molecular formula is C14H24N2O. The minimum absolute atomic E-state index is 0.0423. The van der Waals surface area contributed by atoms with E-state index in [-0.39, 0.29) is 5.91 Å². The molecule has 0 saturated carbocycles. The summed E-state index contributed by atoms with van der Waals surface area (Å²) in [7, 11) is 0. The second-order valence-electron chi connectivity index (χ2n) is 5.23. The van der Waals surface area contributed by atoms with E-state index < -0.39 is 5.41 Å². The molecule has 3 nitrogen and oxygen atoms in total. The first-order valence-electron chi connectivity index (χ1n) is 6.81. The number of carbonyl (C=O) groups excluding carboxylic acids is 1. The van der Waals surface area contributed by atoms with E-state index in [9.17, 15) is 10.1 Å². The first kappa shape index (κ1) is 14.0. The fourth-order valence-electron chi connectivity index (χ4n) is 2.50. The van der Waals surface area contributed by atoms with Gasteiger partial charge in [0.1, 0.15) is 5.41 Å². The molecule has 0 aliphatic carbocycles. The average Bonchev–Trinajstić information content (AvgIpc) is 2.38. The van der Waals surface area contributed by atoms with Gasteiger partial charge in [0.2, 0.25) is 5.91 Å². The van der Waals surface area contributed by atoms with Gasteiger partial charge in [0.15, 0.2) is 0 Å². The van der Waals surface area contributed by atoms with E-state index in [0.29, 0.717) is 12.5 Å². The molecule has 0 bridgehead atoms. The molecule has 2 atom stereocenters. The van der Waals surface area contributed by atoms with Gasteiger partial charge in [-0.25, -0.2) is 0 Å². The van der Waals surface area contributed by atoms with Crippen LogP contribution in [-0.4, -0.2) is 23.4 Å². The lowest BCUT2D eigenvalue weighted by atomic mass is 9.85. The molecule has 17 heavy (non-hydrogen) atoms. The molecule has 1 saturated heterocycles. The number of piperidine rings is 1. The van der Waals surface area contributed by atoms with E-state index in [4.69, 9.17) is 0 Å². The Hall–Kier alpha value is -1.04. The number of nitrogens with zero attached hydrogens (tertiary/aromatic N) is 2. The highest BCUT2D eigenvalue weighted by Crippen LogP contribution is 2.29.